The maximum atomic E-state index is 14.2. The van der Waals surface area contributed by atoms with Gasteiger partial charge in [0, 0.05) is 66.4 Å². The Kier molecular flexibility index (Phi) is 7.87. The summed E-state index contributed by atoms with van der Waals surface area (Å²) >= 11 is 0. The number of nitrogen functional groups attached to an aromatic ring is 1. The van der Waals surface area contributed by atoms with Gasteiger partial charge in [0.05, 0.1) is 11.4 Å². The summed E-state index contributed by atoms with van der Waals surface area (Å²) in [4.78, 5) is 10.6. The molecule has 35 heavy (non-hydrogen) atoms. The predicted molar refractivity (Wildman–Crippen MR) is 134 cm³/mol. The molecule has 9 heteroatoms. The fourth-order valence-electron chi connectivity index (χ4n) is 4.56. The molecule has 3 unspecified atom stereocenters. The second-order valence-electron chi connectivity index (χ2n) is 8.90. The lowest BCUT2D eigenvalue weighted by atomic mass is 9.90. The summed E-state index contributed by atoms with van der Waals surface area (Å²) in [5.41, 5.74) is 16.6. The number of nitrogens with zero attached hydrogens (tertiary/aromatic N) is 4. The van der Waals surface area contributed by atoms with E-state index in [2.05, 4.69) is 15.1 Å². The zero-order valence-corrected chi connectivity index (χ0v) is 19.4. The van der Waals surface area contributed by atoms with E-state index in [1.54, 1.807) is 48.9 Å². The van der Waals surface area contributed by atoms with Crippen molar-refractivity contribution in [2.45, 2.75) is 31.5 Å². The molecule has 2 aromatic rings. The number of likely N-dealkylation sites (tertiary alicyclic amines) is 1. The number of piperidine rings is 1. The number of anilines is 1. The Morgan fingerprint density at radius 3 is 2.83 bits per heavy atom. The third kappa shape index (κ3) is 5.92. The van der Waals surface area contributed by atoms with Crippen molar-refractivity contribution in [2.75, 3.05) is 25.4 Å². The predicted octanol–water partition coefficient (Wildman–Crippen LogP) is 5.42. The molecule has 2 heterocycles. The zero-order chi connectivity index (χ0) is 24.8. The van der Waals surface area contributed by atoms with E-state index < -0.39 is 18.0 Å². The van der Waals surface area contributed by atoms with E-state index in [-0.39, 0.29) is 30.2 Å². The molecule has 1 aromatic heterocycles. The molecule has 1 aliphatic heterocycles. The summed E-state index contributed by atoms with van der Waals surface area (Å²) in [7, 11) is 0. The quantitative estimate of drug-likeness (QED) is 0.268. The molecule has 1 fully saturated rings. The lowest BCUT2D eigenvalue weighted by Crippen LogP contribution is -2.42. The molecular weight excluding hydrogens is 448 g/mol. The fraction of sp³-hybridized carbons (Fsp3) is 0.346. The largest absolute Gasteiger partial charge is 0.398 e. The third-order valence-electron chi connectivity index (χ3n) is 6.51. The van der Waals surface area contributed by atoms with E-state index in [1.165, 1.54) is 12.2 Å². The maximum absolute atomic E-state index is 14.2. The molecule has 0 radical (unpaired) electrons. The Hall–Kier alpha value is -3.59. The van der Waals surface area contributed by atoms with E-state index in [0.29, 0.717) is 29.0 Å². The minimum absolute atomic E-state index is 0.0224. The van der Waals surface area contributed by atoms with Gasteiger partial charge in [-0.3, -0.25) is 20.3 Å². The van der Waals surface area contributed by atoms with Crippen molar-refractivity contribution in [2.24, 2.45) is 16.0 Å². The fourth-order valence-corrected chi connectivity index (χ4v) is 4.56. The van der Waals surface area contributed by atoms with Gasteiger partial charge in [-0.2, -0.15) is 5.11 Å². The Morgan fingerprint density at radius 1 is 1.29 bits per heavy atom. The minimum Gasteiger partial charge on any atom is -0.398 e. The number of nitrogens with one attached hydrogen (secondary N) is 2. The first-order chi connectivity index (χ1) is 17.0. The normalized spacial score (nSPS) is 21.9. The van der Waals surface area contributed by atoms with Crippen LogP contribution in [0.15, 0.2) is 76.4 Å². The summed E-state index contributed by atoms with van der Waals surface area (Å²) in [6.45, 7) is 1.59. The van der Waals surface area contributed by atoms with Crippen molar-refractivity contribution >= 4 is 23.3 Å². The summed E-state index contributed by atoms with van der Waals surface area (Å²) in [6, 6.07) is 8.26. The number of hydrogen-bond acceptors (Lipinski definition) is 7. The van der Waals surface area contributed by atoms with Crippen LogP contribution in [0.3, 0.4) is 0 Å². The number of alkyl halides is 1. The van der Waals surface area contributed by atoms with E-state index >= 15 is 0 Å². The van der Waals surface area contributed by atoms with Crippen LogP contribution in [0.4, 0.5) is 20.2 Å². The summed E-state index contributed by atoms with van der Waals surface area (Å²) in [5, 5.41) is 12.3. The highest BCUT2D eigenvalue weighted by Crippen LogP contribution is 2.28. The van der Waals surface area contributed by atoms with Crippen molar-refractivity contribution in [3.8, 4) is 0 Å². The second-order valence-corrected chi connectivity index (χ2v) is 8.90. The monoisotopic (exact) mass is 477 g/mol. The molecular formula is C26H29F2N7. The van der Waals surface area contributed by atoms with Gasteiger partial charge in [0.2, 0.25) is 0 Å². The molecule has 0 saturated carbocycles. The average Bonchev–Trinajstić information content (AvgIpc) is 2.88. The number of aliphatic imine (C=N–C) groups is 1. The van der Waals surface area contributed by atoms with Gasteiger partial charge in [0.15, 0.2) is 0 Å². The molecule has 1 saturated heterocycles. The SMILES string of the molecule is N=NC(C=Nc1ccc(N)c(C(=N)c2ccncc2)c1)C1CCCN(CC2=C(F)C=CCC2F)C1. The summed E-state index contributed by atoms with van der Waals surface area (Å²) in [5.74, 6) is -0.458. The van der Waals surface area contributed by atoms with Gasteiger partial charge < -0.3 is 5.73 Å². The molecule has 0 spiro atoms. The Balaban J connectivity index is 1.46. The van der Waals surface area contributed by atoms with E-state index in [0.717, 1.165) is 19.4 Å². The Bertz CT molecular complexity index is 1160. The van der Waals surface area contributed by atoms with Crippen LogP contribution in [0.1, 0.15) is 30.4 Å². The third-order valence-corrected chi connectivity index (χ3v) is 6.51. The molecule has 182 valence electrons. The van der Waals surface area contributed by atoms with Crippen molar-refractivity contribution in [1.82, 2.24) is 9.88 Å². The lowest BCUT2D eigenvalue weighted by molar-refractivity contribution is 0.172. The Labute approximate surface area is 203 Å². The molecule has 0 bridgehead atoms. The van der Waals surface area contributed by atoms with Crippen molar-refractivity contribution in [3.05, 3.63) is 77.4 Å². The van der Waals surface area contributed by atoms with Gasteiger partial charge in [0.1, 0.15) is 18.0 Å². The summed E-state index contributed by atoms with van der Waals surface area (Å²) < 4.78 is 28.4. The van der Waals surface area contributed by atoms with Gasteiger partial charge >= 0.3 is 0 Å². The van der Waals surface area contributed by atoms with Crippen molar-refractivity contribution in [1.29, 1.82) is 10.9 Å². The Morgan fingerprint density at radius 2 is 2.09 bits per heavy atom. The molecule has 2 aliphatic rings. The van der Waals surface area contributed by atoms with E-state index in [4.69, 9.17) is 16.7 Å². The van der Waals surface area contributed by atoms with Crippen molar-refractivity contribution in [3.63, 3.8) is 0 Å². The van der Waals surface area contributed by atoms with Crippen molar-refractivity contribution < 1.29 is 8.78 Å². The minimum atomic E-state index is -1.29. The topological polar surface area (TPSA) is 115 Å². The van der Waals surface area contributed by atoms with Gasteiger partial charge in [-0.1, -0.05) is 6.08 Å². The van der Waals surface area contributed by atoms with Crippen LogP contribution in [-0.2, 0) is 0 Å². The number of halogens is 2. The van der Waals surface area contributed by atoms with Crippen LogP contribution >= 0.6 is 0 Å². The van der Waals surface area contributed by atoms with Gasteiger partial charge in [-0.25, -0.2) is 14.3 Å². The van der Waals surface area contributed by atoms with Crippen LogP contribution in [0.5, 0.6) is 0 Å². The molecule has 4 rings (SSSR count). The van der Waals surface area contributed by atoms with Gasteiger partial charge in [-0.05, 0) is 55.8 Å². The van der Waals surface area contributed by atoms with Gasteiger partial charge in [-0.15, -0.1) is 0 Å². The molecule has 1 aromatic carbocycles. The maximum Gasteiger partial charge on any atom is 0.129 e. The highest BCUT2D eigenvalue weighted by atomic mass is 19.1. The van der Waals surface area contributed by atoms with E-state index in [1.807, 2.05) is 4.90 Å². The number of hydrogen-bond donors (Lipinski definition) is 3. The van der Waals surface area contributed by atoms with E-state index in [9.17, 15) is 8.78 Å². The molecule has 4 N–H and O–H groups in total. The van der Waals surface area contributed by atoms with Crippen LogP contribution in [0.2, 0.25) is 0 Å². The smallest absolute Gasteiger partial charge is 0.129 e. The lowest BCUT2D eigenvalue weighted by Gasteiger charge is -2.35. The number of allylic oxidation sites excluding steroid dienone is 3. The molecule has 0 amide bonds. The van der Waals surface area contributed by atoms with Crippen LogP contribution in [0.25, 0.3) is 0 Å². The number of rotatable bonds is 8. The molecule has 1 aliphatic carbocycles. The molecule has 3 atom stereocenters. The average molecular weight is 478 g/mol. The first-order valence-electron chi connectivity index (χ1n) is 11.7. The number of nitrogens with two attached hydrogens (primary N) is 1. The summed E-state index contributed by atoms with van der Waals surface area (Å²) in [6.07, 6.45) is 8.40. The molecule has 7 nitrogen and oxygen atoms in total. The van der Waals surface area contributed by atoms with Crippen LogP contribution < -0.4 is 5.73 Å². The number of benzene rings is 1. The highest BCUT2D eigenvalue weighted by molar-refractivity contribution is 6.14. The zero-order valence-electron chi connectivity index (χ0n) is 19.4. The first-order valence-corrected chi connectivity index (χ1v) is 11.7. The first kappa shape index (κ1) is 24.5. The van der Waals surface area contributed by atoms with Crippen LogP contribution in [-0.4, -0.2) is 53.7 Å². The number of pyridine rings is 1. The van der Waals surface area contributed by atoms with Gasteiger partial charge in [0.25, 0.3) is 0 Å². The number of aromatic nitrogens is 1. The highest BCUT2D eigenvalue weighted by Gasteiger charge is 2.29. The van der Waals surface area contributed by atoms with Crippen LogP contribution in [0, 0.1) is 16.9 Å². The second kappa shape index (κ2) is 11.2. The standard InChI is InChI=1S/C26H29F2N7/c27-22-4-1-5-23(28)21(22)16-35-12-2-3-18(15-35)25(34-31)14-33-19-6-7-24(29)20(13-19)26(30)17-8-10-32-11-9-17/h1,4,6-11,13-14,18,23,25,30-31H,2-3,5,12,15-16,29H2.